The van der Waals surface area contributed by atoms with Crippen molar-refractivity contribution >= 4 is 33.4 Å². The van der Waals surface area contributed by atoms with Gasteiger partial charge in [0.1, 0.15) is 5.75 Å². The first-order chi connectivity index (χ1) is 11.7. The Labute approximate surface area is 148 Å². The lowest BCUT2D eigenvalue weighted by Crippen LogP contribution is -2.05. The van der Waals surface area contributed by atoms with Gasteiger partial charge in [0.2, 0.25) is 5.95 Å². The third-order valence-corrected chi connectivity index (χ3v) is 4.00. The van der Waals surface area contributed by atoms with E-state index in [4.69, 9.17) is 4.74 Å². The Morgan fingerprint density at radius 1 is 1.08 bits per heavy atom. The normalized spacial score (nSPS) is 10.2. The summed E-state index contributed by atoms with van der Waals surface area (Å²) in [5, 5.41) is 14.4. The van der Waals surface area contributed by atoms with E-state index in [9.17, 15) is 0 Å². The minimum Gasteiger partial charge on any atom is -0.497 e. The van der Waals surface area contributed by atoms with Crippen molar-refractivity contribution < 1.29 is 4.74 Å². The van der Waals surface area contributed by atoms with Gasteiger partial charge >= 0.3 is 0 Å². The van der Waals surface area contributed by atoms with Crippen LogP contribution in [0.25, 0.3) is 0 Å². The third-order valence-electron chi connectivity index (χ3n) is 3.31. The first kappa shape index (κ1) is 16.2. The first-order valence-corrected chi connectivity index (χ1v) is 8.12. The zero-order valence-corrected chi connectivity index (χ0v) is 14.6. The second kappa shape index (κ2) is 7.74. The van der Waals surface area contributed by atoms with Crippen molar-refractivity contribution in [3.8, 4) is 5.75 Å². The van der Waals surface area contributed by atoms with Crippen molar-refractivity contribution in [2.45, 2.75) is 6.54 Å². The molecule has 0 aliphatic rings. The highest BCUT2D eigenvalue weighted by Gasteiger charge is 2.04. The molecular formula is C17H16BrN5O. The monoisotopic (exact) mass is 385 g/mol. The Balaban J connectivity index is 1.65. The van der Waals surface area contributed by atoms with Crippen LogP contribution < -0.4 is 15.4 Å². The molecule has 0 radical (unpaired) electrons. The fourth-order valence-corrected chi connectivity index (χ4v) is 2.44. The summed E-state index contributed by atoms with van der Waals surface area (Å²) in [6.07, 6.45) is 1.59. The number of methoxy groups -OCH3 is 1. The van der Waals surface area contributed by atoms with E-state index in [0.717, 1.165) is 21.5 Å². The lowest BCUT2D eigenvalue weighted by Gasteiger charge is -2.09. The lowest BCUT2D eigenvalue weighted by molar-refractivity contribution is 0.414. The van der Waals surface area contributed by atoms with Gasteiger partial charge < -0.3 is 15.4 Å². The first-order valence-electron chi connectivity index (χ1n) is 7.32. The molecule has 0 saturated heterocycles. The minimum absolute atomic E-state index is 0.432. The molecule has 0 aliphatic carbocycles. The van der Waals surface area contributed by atoms with E-state index in [1.807, 2.05) is 48.5 Å². The van der Waals surface area contributed by atoms with Crippen molar-refractivity contribution in [2.24, 2.45) is 0 Å². The van der Waals surface area contributed by atoms with Gasteiger partial charge in [0.15, 0.2) is 5.82 Å². The van der Waals surface area contributed by atoms with E-state index in [2.05, 4.69) is 41.7 Å². The Bertz CT molecular complexity index is 810. The molecule has 3 rings (SSSR count). The number of rotatable bonds is 6. The largest absolute Gasteiger partial charge is 0.497 e. The molecule has 0 spiro atoms. The number of benzene rings is 2. The maximum Gasteiger partial charge on any atom is 0.249 e. The van der Waals surface area contributed by atoms with E-state index >= 15 is 0 Å². The van der Waals surface area contributed by atoms with Gasteiger partial charge in [-0.15, -0.1) is 5.10 Å². The zero-order chi connectivity index (χ0) is 16.8. The van der Waals surface area contributed by atoms with Crippen LogP contribution in [0.4, 0.5) is 17.5 Å². The molecule has 0 unspecified atom stereocenters. The number of hydrogen-bond donors (Lipinski definition) is 2. The summed E-state index contributed by atoms with van der Waals surface area (Å²) >= 11 is 3.48. The number of hydrogen-bond acceptors (Lipinski definition) is 6. The highest BCUT2D eigenvalue weighted by atomic mass is 79.9. The standard InChI is InChI=1S/C17H16BrN5O/c1-24-13-8-6-12(7-9-13)10-19-16-11-20-23-17(22-16)21-15-5-3-2-4-14(15)18/h2-9,11H,10H2,1H3,(H2,19,21,22,23). The number of nitrogens with zero attached hydrogens (tertiary/aromatic N) is 3. The summed E-state index contributed by atoms with van der Waals surface area (Å²) in [6.45, 7) is 0.636. The highest BCUT2D eigenvalue weighted by molar-refractivity contribution is 9.10. The van der Waals surface area contributed by atoms with Crippen molar-refractivity contribution in [3.63, 3.8) is 0 Å². The maximum absolute atomic E-state index is 5.15. The van der Waals surface area contributed by atoms with E-state index in [1.165, 1.54) is 0 Å². The number of halogens is 1. The third kappa shape index (κ3) is 4.20. The molecule has 6 nitrogen and oxygen atoms in total. The van der Waals surface area contributed by atoms with Crippen molar-refractivity contribution in [2.75, 3.05) is 17.7 Å². The second-order valence-electron chi connectivity index (χ2n) is 4.97. The van der Waals surface area contributed by atoms with Gasteiger partial charge in [-0.3, -0.25) is 0 Å². The van der Waals surface area contributed by atoms with E-state index in [1.54, 1.807) is 13.3 Å². The Kier molecular flexibility index (Phi) is 5.22. The Hall–Kier alpha value is -2.67. The summed E-state index contributed by atoms with van der Waals surface area (Å²) in [4.78, 5) is 4.42. The van der Waals surface area contributed by atoms with Crippen LogP contribution in [0.15, 0.2) is 59.2 Å². The predicted octanol–water partition coefficient (Wildman–Crippen LogP) is 4.00. The SMILES string of the molecule is COc1ccc(CNc2cnnc(Nc3ccccc3Br)n2)cc1. The smallest absolute Gasteiger partial charge is 0.249 e. The molecule has 2 N–H and O–H groups in total. The Morgan fingerprint density at radius 3 is 2.62 bits per heavy atom. The average Bonchev–Trinajstić information content (AvgIpc) is 2.63. The van der Waals surface area contributed by atoms with Crippen molar-refractivity contribution in [1.29, 1.82) is 0 Å². The van der Waals surface area contributed by atoms with Gasteiger partial charge in [-0.25, -0.2) is 0 Å². The number of aromatic nitrogens is 3. The fraction of sp³-hybridized carbons (Fsp3) is 0.118. The second-order valence-corrected chi connectivity index (χ2v) is 5.83. The van der Waals surface area contributed by atoms with Crippen molar-refractivity contribution in [1.82, 2.24) is 15.2 Å². The average molecular weight is 386 g/mol. The molecule has 1 aromatic heterocycles. The Morgan fingerprint density at radius 2 is 1.88 bits per heavy atom. The molecule has 0 atom stereocenters. The van der Waals surface area contributed by atoms with Crippen molar-refractivity contribution in [3.05, 3.63) is 64.8 Å². The zero-order valence-electron chi connectivity index (χ0n) is 13.0. The molecule has 3 aromatic rings. The van der Waals surface area contributed by atoms with Gasteiger partial charge in [0, 0.05) is 11.0 Å². The lowest BCUT2D eigenvalue weighted by atomic mass is 10.2. The number of para-hydroxylation sites is 1. The van der Waals surface area contributed by atoms with E-state index in [-0.39, 0.29) is 0 Å². The van der Waals surface area contributed by atoms with Crippen LogP contribution in [0.5, 0.6) is 5.75 Å². The van der Waals surface area contributed by atoms with Gasteiger partial charge in [-0.1, -0.05) is 24.3 Å². The molecule has 24 heavy (non-hydrogen) atoms. The van der Waals surface area contributed by atoms with Gasteiger partial charge in [0.25, 0.3) is 0 Å². The molecule has 0 saturated carbocycles. The summed E-state index contributed by atoms with van der Waals surface area (Å²) in [6, 6.07) is 15.6. The van der Waals surface area contributed by atoms with E-state index in [0.29, 0.717) is 18.3 Å². The number of ether oxygens (including phenoxy) is 1. The van der Waals surface area contributed by atoms with Crippen LogP contribution in [0.3, 0.4) is 0 Å². The summed E-state index contributed by atoms with van der Waals surface area (Å²) in [7, 11) is 1.65. The molecule has 2 aromatic carbocycles. The van der Waals surface area contributed by atoms with Crippen LogP contribution in [0, 0.1) is 0 Å². The quantitative estimate of drug-likeness (QED) is 0.667. The predicted molar refractivity (Wildman–Crippen MR) is 97.6 cm³/mol. The number of anilines is 3. The number of nitrogens with one attached hydrogen (secondary N) is 2. The van der Waals surface area contributed by atoms with Crippen LogP contribution >= 0.6 is 15.9 Å². The van der Waals surface area contributed by atoms with Gasteiger partial charge in [-0.05, 0) is 45.8 Å². The minimum atomic E-state index is 0.432. The molecule has 1 heterocycles. The molecule has 0 aliphatic heterocycles. The van der Waals surface area contributed by atoms with Gasteiger partial charge in [0.05, 0.1) is 19.0 Å². The van der Waals surface area contributed by atoms with Crippen LogP contribution in [-0.4, -0.2) is 22.3 Å². The van der Waals surface area contributed by atoms with Crippen LogP contribution in [0.2, 0.25) is 0 Å². The molecular weight excluding hydrogens is 370 g/mol. The molecule has 0 fully saturated rings. The van der Waals surface area contributed by atoms with E-state index < -0.39 is 0 Å². The summed E-state index contributed by atoms with van der Waals surface area (Å²) in [5.74, 6) is 1.92. The molecule has 7 heteroatoms. The summed E-state index contributed by atoms with van der Waals surface area (Å²) < 4.78 is 6.09. The van der Waals surface area contributed by atoms with Gasteiger partial charge in [-0.2, -0.15) is 10.1 Å². The summed E-state index contributed by atoms with van der Waals surface area (Å²) in [5.41, 5.74) is 2.00. The van der Waals surface area contributed by atoms with Crippen LogP contribution in [-0.2, 0) is 6.54 Å². The maximum atomic E-state index is 5.15. The molecule has 122 valence electrons. The van der Waals surface area contributed by atoms with Crippen LogP contribution in [0.1, 0.15) is 5.56 Å². The molecule has 0 bridgehead atoms. The molecule has 0 amide bonds. The highest BCUT2D eigenvalue weighted by Crippen LogP contribution is 2.23. The topological polar surface area (TPSA) is 72.0 Å². The fourth-order valence-electron chi connectivity index (χ4n) is 2.06.